The maximum absolute atomic E-state index is 9.59. The molecule has 0 fully saturated rings. The van der Waals surface area contributed by atoms with Gasteiger partial charge in [-0.2, -0.15) is 0 Å². The lowest BCUT2D eigenvalue weighted by atomic mass is 10.2. The summed E-state index contributed by atoms with van der Waals surface area (Å²) < 4.78 is 0. The summed E-state index contributed by atoms with van der Waals surface area (Å²) in [6.07, 6.45) is 1.72. The molecule has 13 heavy (non-hydrogen) atoms. The van der Waals surface area contributed by atoms with Crippen molar-refractivity contribution in [1.82, 2.24) is 0 Å². The fourth-order valence-corrected chi connectivity index (χ4v) is 1.64. The first-order chi connectivity index (χ1) is 6.25. The van der Waals surface area contributed by atoms with E-state index in [2.05, 4.69) is 6.58 Å². The summed E-state index contributed by atoms with van der Waals surface area (Å²) in [6.45, 7) is 3.55. The van der Waals surface area contributed by atoms with Crippen LogP contribution in [-0.2, 0) is 0 Å². The molecule has 0 amide bonds. The molecule has 0 spiro atoms. The minimum Gasteiger partial charge on any atom is -0.508 e. The summed E-state index contributed by atoms with van der Waals surface area (Å²) in [4.78, 5) is 0. The van der Waals surface area contributed by atoms with Crippen molar-refractivity contribution in [2.45, 2.75) is 5.44 Å². The molecule has 0 aliphatic rings. The first-order valence-corrected chi connectivity index (χ1v) is 4.99. The maximum atomic E-state index is 9.59. The zero-order valence-corrected chi connectivity index (χ0v) is 8.00. The summed E-state index contributed by atoms with van der Waals surface area (Å²) in [5, 5.41) is 19.0. The Balaban J connectivity index is 2.70. The van der Waals surface area contributed by atoms with Gasteiger partial charge in [-0.25, -0.2) is 0 Å². The Morgan fingerprint density at radius 2 is 2.15 bits per heavy atom. The Morgan fingerprint density at radius 3 is 2.77 bits per heavy atom. The number of rotatable bonds is 4. The van der Waals surface area contributed by atoms with Crippen LogP contribution in [0.1, 0.15) is 11.0 Å². The molecular formula is C10H12O2S. The summed E-state index contributed by atoms with van der Waals surface area (Å²) in [5.41, 5.74) is -0.131. The number of phenols is 1. The van der Waals surface area contributed by atoms with Gasteiger partial charge in [0.2, 0.25) is 0 Å². The lowest BCUT2D eigenvalue weighted by Gasteiger charge is -2.10. The van der Waals surface area contributed by atoms with Crippen molar-refractivity contribution in [2.75, 3.05) is 5.75 Å². The predicted octanol–water partition coefficient (Wildman–Crippen LogP) is 2.30. The molecule has 1 aromatic rings. The van der Waals surface area contributed by atoms with E-state index in [4.69, 9.17) is 0 Å². The van der Waals surface area contributed by atoms with Crippen LogP contribution in [0, 0.1) is 0 Å². The van der Waals surface area contributed by atoms with Crippen LogP contribution in [0.25, 0.3) is 0 Å². The third kappa shape index (κ3) is 2.79. The van der Waals surface area contributed by atoms with Crippen LogP contribution in [-0.4, -0.2) is 16.0 Å². The standard InChI is InChI=1S/C10H12O2S/c1-2-7-13-10(12)8-5-3-4-6-9(8)11/h2-6,10-12H,1,7H2. The third-order valence-corrected chi connectivity index (χ3v) is 2.57. The Bertz CT molecular complexity index is 286. The van der Waals surface area contributed by atoms with Gasteiger partial charge in [0.25, 0.3) is 0 Å². The van der Waals surface area contributed by atoms with E-state index in [-0.39, 0.29) is 5.75 Å². The predicted molar refractivity (Wildman–Crippen MR) is 55.7 cm³/mol. The van der Waals surface area contributed by atoms with Crippen LogP contribution in [0.15, 0.2) is 36.9 Å². The van der Waals surface area contributed by atoms with Gasteiger partial charge in [-0.05, 0) is 6.07 Å². The topological polar surface area (TPSA) is 40.5 Å². The van der Waals surface area contributed by atoms with Crippen LogP contribution >= 0.6 is 11.8 Å². The van der Waals surface area contributed by atoms with Crippen molar-refractivity contribution in [3.05, 3.63) is 42.5 Å². The fraction of sp³-hybridized carbons (Fsp3) is 0.200. The smallest absolute Gasteiger partial charge is 0.129 e. The molecule has 2 N–H and O–H groups in total. The number of benzene rings is 1. The van der Waals surface area contributed by atoms with Crippen molar-refractivity contribution < 1.29 is 10.2 Å². The minimum absolute atomic E-state index is 0.131. The van der Waals surface area contributed by atoms with Crippen LogP contribution in [0.2, 0.25) is 0 Å². The zero-order chi connectivity index (χ0) is 9.68. The van der Waals surface area contributed by atoms with Gasteiger partial charge >= 0.3 is 0 Å². The monoisotopic (exact) mass is 196 g/mol. The average Bonchev–Trinajstić information content (AvgIpc) is 2.15. The average molecular weight is 196 g/mol. The summed E-state index contributed by atoms with van der Waals surface area (Å²) in [6, 6.07) is 6.78. The molecule has 0 aromatic heterocycles. The number of para-hydroxylation sites is 1. The van der Waals surface area contributed by atoms with E-state index < -0.39 is 5.44 Å². The van der Waals surface area contributed by atoms with Crippen molar-refractivity contribution in [1.29, 1.82) is 0 Å². The number of phenolic OH excluding ortho intramolecular Hbond substituents is 1. The SMILES string of the molecule is C=CCSC(O)c1ccccc1O. The molecule has 1 atom stereocenters. The van der Waals surface area contributed by atoms with E-state index in [0.29, 0.717) is 11.3 Å². The van der Waals surface area contributed by atoms with Gasteiger partial charge in [-0.1, -0.05) is 24.3 Å². The molecule has 1 unspecified atom stereocenters. The molecule has 0 bridgehead atoms. The van der Waals surface area contributed by atoms with Crippen LogP contribution in [0.3, 0.4) is 0 Å². The molecule has 0 saturated carbocycles. The second-order valence-electron chi connectivity index (χ2n) is 2.53. The van der Waals surface area contributed by atoms with Crippen LogP contribution < -0.4 is 0 Å². The number of aromatic hydroxyl groups is 1. The maximum Gasteiger partial charge on any atom is 0.129 e. The molecule has 0 aliphatic carbocycles. The van der Waals surface area contributed by atoms with Gasteiger partial charge in [-0.15, -0.1) is 18.3 Å². The lowest BCUT2D eigenvalue weighted by molar-refractivity contribution is 0.264. The number of hydrogen-bond acceptors (Lipinski definition) is 3. The first-order valence-electron chi connectivity index (χ1n) is 3.94. The minimum atomic E-state index is -0.681. The second-order valence-corrected chi connectivity index (χ2v) is 3.65. The second kappa shape index (κ2) is 4.94. The molecule has 0 heterocycles. The van der Waals surface area contributed by atoms with E-state index in [9.17, 15) is 10.2 Å². The Hall–Kier alpha value is -0.930. The largest absolute Gasteiger partial charge is 0.508 e. The van der Waals surface area contributed by atoms with Gasteiger partial charge < -0.3 is 10.2 Å². The number of thioether (sulfide) groups is 1. The molecule has 3 heteroatoms. The van der Waals surface area contributed by atoms with Crippen LogP contribution in [0.5, 0.6) is 5.75 Å². The number of aliphatic hydroxyl groups is 1. The Labute approximate surface area is 81.9 Å². The zero-order valence-electron chi connectivity index (χ0n) is 7.18. The van der Waals surface area contributed by atoms with Gasteiger partial charge in [0.15, 0.2) is 0 Å². The Kier molecular flexibility index (Phi) is 3.86. The highest BCUT2D eigenvalue weighted by atomic mass is 32.2. The molecule has 0 radical (unpaired) electrons. The molecule has 2 nitrogen and oxygen atoms in total. The van der Waals surface area contributed by atoms with Crippen molar-refractivity contribution in [3.63, 3.8) is 0 Å². The molecule has 1 aromatic carbocycles. The van der Waals surface area contributed by atoms with E-state index in [0.717, 1.165) is 0 Å². The number of hydrogen-bond donors (Lipinski definition) is 2. The molecular weight excluding hydrogens is 184 g/mol. The van der Waals surface area contributed by atoms with Crippen molar-refractivity contribution in [2.24, 2.45) is 0 Å². The molecule has 1 rings (SSSR count). The van der Waals surface area contributed by atoms with Gasteiger partial charge in [-0.3, -0.25) is 0 Å². The van der Waals surface area contributed by atoms with Gasteiger partial charge in [0, 0.05) is 11.3 Å². The molecule has 0 aliphatic heterocycles. The summed E-state index contributed by atoms with van der Waals surface area (Å²) >= 11 is 1.32. The van der Waals surface area contributed by atoms with Crippen molar-refractivity contribution >= 4 is 11.8 Å². The first kappa shape index (κ1) is 10.2. The highest BCUT2D eigenvalue weighted by molar-refractivity contribution is 7.99. The molecule has 70 valence electrons. The van der Waals surface area contributed by atoms with E-state index in [1.807, 2.05) is 0 Å². The van der Waals surface area contributed by atoms with Crippen LogP contribution in [0.4, 0.5) is 0 Å². The van der Waals surface area contributed by atoms with Crippen molar-refractivity contribution in [3.8, 4) is 5.75 Å². The van der Waals surface area contributed by atoms with E-state index in [1.165, 1.54) is 11.8 Å². The lowest BCUT2D eigenvalue weighted by Crippen LogP contribution is -1.92. The molecule has 0 saturated heterocycles. The van der Waals surface area contributed by atoms with Gasteiger partial charge in [0.05, 0.1) is 0 Å². The fourth-order valence-electron chi connectivity index (χ4n) is 0.945. The summed E-state index contributed by atoms with van der Waals surface area (Å²) in [5.74, 6) is 0.793. The quantitative estimate of drug-likeness (QED) is 0.573. The number of aliphatic hydroxyl groups excluding tert-OH is 1. The van der Waals surface area contributed by atoms with Gasteiger partial charge in [0.1, 0.15) is 11.2 Å². The normalized spacial score (nSPS) is 12.4. The van der Waals surface area contributed by atoms with E-state index >= 15 is 0 Å². The Morgan fingerprint density at radius 1 is 1.46 bits per heavy atom. The third-order valence-electron chi connectivity index (χ3n) is 1.57. The highest BCUT2D eigenvalue weighted by Crippen LogP contribution is 2.31. The summed E-state index contributed by atoms with van der Waals surface area (Å²) in [7, 11) is 0. The highest BCUT2D eigenvalue weighted by Gasteiger charge is 2.10. The van der Waals surface area contributed by atoms with E-state index in [1.54, 1.807) is 30.3 Å².